The molecule has 1 heterocycles. The van der Waals surface area contributed by atoms with Crippen molar-refractivity contribution in [2.45, 2.75) is 6.92 Å². The third kappa shape index (κ3) is 4.11. The number of nitrogens with zero attached hydrogens (tertiary/aromatic N) is 1. The maximum Gasteiger partial charge on any atom is 0.260 e. The van der Waals surface area contributed by atoms with E-state index in [1.54, 1.807) is 0 Å². The van der Waals surface area contributed by atoms with Crippen LogP contribution in [0.3, 0.4) is 0 Å². The smallest absolute Gasteiger partial charge is 0.260 e. The quantitative estimate of drug-likeness (QED) is 0.929. The first-order valence-corrected chi connectivity index (χ1v) is 8.12. The Hall–Kier alpha value is -2.33. The number of carbonyl (C=O) groups is 1. The van der Waals surface area contributed by atoms with Crippen LogP contribution in [0.4, 0.5) is 0 Å². The molecule has 0 bridgehead atoms. The maximum absolute atomic E-state index is 12.1. The van der Waals surface area contributed by atoms with E-state index in [0.29, 0.717) is 0 Å². The van der Waals surface area contributed by atoms with Crippen LogP contribution in [0.5, 0.6) is 5.75 Å². The topological polar surface area (TPSA) is 46.1 Å². The van der Waals surface area contributed by atoms with E-state index in [9.17, 15) is 4.79 Å². The average Bonchev–Trinajstić information content (AvgIpc) is 2.61. The van der Waals surface area contributed by atoms with E-state index in [1.807, 2.05) is 29.2 Å². The molecular weight excluding hydrogens is 288 g/mol. The number of benzene rings is 2. The van der Waals surface area contributed by atoms with Crippen LogP contribution in [0.2, 0.25) is 0 Å². The monoisotopic (exact) mass is 311 g/mol. The summed E-state index contributed by atoms with van der Waals surface area (Å²) in [7, 11) is 0. The van der Waals surface area contributed by atoms with Crippen LogP contribution in [0.1, 0.15) is 5.56 Å². The highest BCUT2D eigenvalue weighted by atomic mass is 16.5. The van der Waals surface area contributed by atoms with Gasteiger partial charge in [-0.05, 0) is 30.2 Å². The van der Waals surface area contributed by atoms with Crippen molar-refractivity contribution in [3.63, 3.8) is 0 Å². The molecule has 1 amide bonds. The second-order valence-corrected chi connectivity index (χ2v) is 5.93. The minimum atomic E-state index is 0.0701. The Kier molecular flexibility index (Phi) is 4.93. The van der Waals surface area contributed by atoms with Gasteiger partial charge in [-0.15, -0.1) is 0 Å². The molecule has 0 aliphatic carbocycles. The molecule has 1 fully saturated rings. The summed E-state index contributed by atoms with van der Waals surface area (Å²) in [5.41, 5.74) is 3.58. The van der Waals surface area contributed by atoms with E-state index in [0.717, 1.165) is 37.5 Å². The molecule has 2 N–H and O–H groups in total. The second-order valence-electron chi connectivity index (χ2n) is 5.93. The molecule has 1 aliphatic heterocycles. The fourth-order valence-corrected chi connectivity index (χ4v) is 2.73. The Labute approximate surface area is 137 Å². The van der Waals surface area contributed by atoms with Gasteiger partial charge in [-0.2, -0.15) is 0 Å². The van der Waals surface area contributed by atoms with Crippen molar-refractivity contribution in [2.24, 2.45) is 0 Å². The predicted octanol–water partition coefficient (Wildman–Crippen LogP) is 1.45. The number of hydrogen-bond acceptors (Lipinski definition) is 2. The molecule has 0 atom stereocenters. The van der Waals surface area contributed by atoms with Gasteiger partial charge in [0.2, 0.25) is 0 Å². The average molecular weight is 311 g/mol. The van der Waals surface area contributed by atoms with Crippen LogP contribution < -0.4 is 10.1 Å². The van der Waals surface area contributed by atoms with Gasteiger partial charge in [0, 0.05) is 0 Å². The summed E-state index contributed by atoms with van der Waals surface area (Å²) in [6.07, 6.45) is 0. The Balaban J connectivity index is 1.57. The molecule has 0 aromatic heterocycles. The first kappa shape index (κ1) is 15.6. The molecule has 1 aliphatic rings. The number of carbonyl (C=O) groups excluding carboxylic acids is 1. The van der Waals surface area contributed by atoms with Crippen LogP contribution >= 0.6 is 0 Å². The Morgan fingerprint density at radius 2 is 1.57 bits per heavy atom. The molecule has 4 nitrogen and oxygen atoms in total. The number of rotatable bonds is 4. The molecule has 0 saturated carbocycles. The van der Waals surface area contributed by atoms with Crippen molar-refractivity contribution in [3.8, 4) is 16.9 Å². The highest BCUT2D eigenvalue weighted by Crippen LogP contribution is 2.22. The largest absolute Gasteiger partial charge is 0.484 e. The number of nitrogens with two attached hydrogens (primary N) is 1. The third-order valence-corrected chi connectivity index (χ3v) is 4.16. The Morgan fingerprint density at radius 1 is 1.00 bits per heavy atom. The summed E-state index contributed by atoms with van der Waals surface area (Å²) in [5.74, 6) is 0.804. The fourth-order valence-electron chi connectivity index (χ4n) is 2.73. The minimum Gasteiger partial charge on any atom is -0.484 e. The van der Waals surface area contributed by atoms with E-state index in [2.05, 4.69) is 36.5 Å². The van der Waals surface area contributed by atoms with Crippen LogP contribution in [0.15, 0.2) is 48.5 Å². The van der Waals surface area contributed by atoms with Crippen molar-refractivity contribution in [2.75, 3.05) is 32.8 Å². The van der Waals surface area contributed by atoms with Gasteiger partial charge in [0.05, 0.1) is 26.2 Å². The number of quaternary nitrogens is 1. The molecule has 3 rings (SSSR count). The lowest BCUT2D eigenvalue weighted by Crippen LogP contribution is -2.90. The highest BCUT2D eigenvalue weighted by Gasteiger charge is 2.18. The lowest BCUT2D eigenvalue weighted by atomic mass is 10.0. The van der Waals surface area contributed by atoms with Gasteiger partial charge in [0.15, 0.2) is 6.61 Å². The van der Waals surface area contributed by atoms with Gasteiger partial charge in [-0.3, -0.25) is 4.79 Å². The summed E-state index contributed by atoms with van der Waals surface area (Å²) in [6, 6.07) is 16.3. The van der Waals surface area contributed by atoms with Gasteiger partial charge in [-0.1, -0.05) is 42.0 Å². The van der Waals surface area contributed by atoms with Crippen LogP contribution in [-0.4, -0.2) is 43.6 Å². The van der Waals surface area contributed by atoms with Gasteiger partial charge in [0.1, 0.15) is 5.75 Å². The van der Waals surface area contributed by atoms with E-state index in [4.69, 9.17) is 4.74 Å². The molecular formula is C19H23N2O2+. The zero-order valence-electron chi connectivity index (χ0n) is 13.5. The Morgan fingerprint density at radius 3 is 2.17 bits per heavy atom. The van der Waals surface area contributed by atoms with Crippen molar-refractivity contribution < 1.29 is 14.8 Å². The number of amides is 1. The third-order valence-electron chi connectivity index (χ3n) is 4.16. The zero-order chi connectivity index (χ0) is 16.1. The summed E-state index contributed by atoms with van der Waals surface area (Å²) in [6.45, 7) is 5.79. The molecule has 2 aromatic rings. The number of piperazine rings is 1. The number of ether oxygens (including phenoxy) is 1. The summed E-state index contributed by atoms with van der Waals surface area (Å²) in [5, 5.41) is 2.23. The molecule has 4 heteroatoms. The van der Waals surface area contributed by atoms with Gasteiger partial charge in [0.25, 0.3) is 5.91 Å². The molecule has 0 unspecified atom stereocenters. The van der Waals surface area contributed by atoms with Gasteiger partial charge in [-0.25, -0.2) is 0 Å². The molecule has 120 valence electrons. The molecule has 0 spiro atoms. The number of hydrogen-bond donors (Lipinski definition) is 1. The van der Waals surface area contributed by atoms with Crippen molar-refractivity contribution in [1.29, 1.82) is 0 Å². The minimum absolute atomic E-state index is 0.0701. The molecule has 2 aromatic carbocycles. The SMILES string of the molecule is Cc1ccc(-c2ccc(OCC(=O)N3CC[NH2+]CC3)cc2)cc1. The predicted molar refractivity (Wildman–Crippen MR) is 90.3 cm³/mol. The van der Waals surface area contributed by atoms with E-state index >= 15 is 0 Å². The van der Waals surface area contributed by atoms with Crippen LogP contribution in [0.25, 0.3) is 11.1 Å². The van der Waals surface area contributed by atoms with Gasteiger partial charge < -0.3 is 15.0 Å². The van der Waals surface area contributed by atoms with Crippen LogP contribution in [0, 0.1) is 6.92 Å². The van der Waals surface area contributed by atoms with Gasteiger partial charge >= 0.3 is 0 Å². The summed E-state index contributed by atoms with van der Waals surface area (Å²) >= 11 is 0. The van der Waals surface area contributed by atoms with E-state index in [1.165, 1.54) is 11.1 Å². The molecule has 23 heavy (non-hydrogen) atoms. The highest BCUT2D eigenvalue weighted by molar-refractivity contribution is 5.77. The van der Waals surface area contributed by atoms with E-state index in [-0.39, 0.29) is 12.5 Å². The van der Waals surface area contributed by atoms with Crippen molar-refractivity contribution in [3.05, 3.63) is 54.1 Å². The lowest BCUT2D eigenvalue weighted by molar-refractivity contribution is -0.662. The number of aryl methyl sites for hydroxylation is 1. The second kappa shape index (κ2) is 7.29. The van der Waals surface area contributed by atoms with Crippen molar-refractivity contribution in [1.82, 2.24) is 4.90 Å². The molecule has 0 radical (unpaired) electrons. The van der Waals surface area contributed by atoms with Crippen molar-refractivity contribution >= 4 is 5.91 Å². The Bertz CT molecular complexity index is 644. The normalized spacial score (nSPS) is 14.6. The molecule has 1 saturated heterocycles. The van der Waals surface area contributed by atoms with Crippen LogP contribution in [-0.2, 0) is 4.79 Å². The summed E-state index contributed by atoms with van der Waals surface area (Å²) in [4.78, 5) is 14.0. The first-order chi connectivity index (χ1) is 11.2. The maximum atomic E-state index is 12.1. The lowest BCUT2D eigenvalue weighted by Gasteiger charge is -2.25. The first-order valence-electron chi connectivity index (χ1n) is 8.12. The fraction of sp³-hybridized carbons (Fsp3) is 0.316. The zero-order valence-corrected chi connectivity index (χ0v) is 13.5. The standard InChI is InChI=1S/C19H22N2O2/c1-15-2-4-16(5-3-15)17-6-8-18(9-7-17)23-14-19(22)21-12-10-20-11-13-21/h2-9,20H,10-14H2,1H3/p+1. The summed E-state index contributed by atoms with van der Waals surface area (Å²) < 4.78 is 5.63. The van der Waals surface area contributed by atoms with E-state index < -0.39 is 0 Å².